The number of ether oxygens (including phenoxy) is 1. The maximum Gasteiger partial charge on any atom is 0.310 e. The third kappa shape index (κ3) is 4.69. The summed E-state index contributed by atoms with van der Waals surface area (Å²) in [5.41, 5.74) is 0.783. The van der Waals surface area contributed by atoms with Gasteiger partial charge in [0.05, 0.1) is 5.92 Å². The van der Waals surface area contributed by atoms with Crippen molar-refractivity contribution in [1.29, 1.82) is 0 Å². The predicted octanol–water partition coefficient (Wildman–Crippen LogP) is 2.73. The van der Waals surface area contributed by atoms with E-state index in [9.17, 15) is 14.0 Å². The average molecular weight is 305 g/mol. The Bertz CT molecular complexity index is 554. The van der Waals surface area contributed by atoms with Gasteiger partial charge in [-0.1, -0.05) is 24.3 Å². The topological polar surface area (TPSA) is 55.4 Å². The summed E-state index contributed by atoms with van der Waals surface area (Å²) in [6, 6.07) is 5.87. The molecule has 0 radical (unpaired) electrons. The summed E-state index contributed by atoms with van der Waals surface area (Å²) in [6.07, 6.45) is 5.48. The number of carbonyl (C=O) groups excluding carboxylic acids is 2. The van der Waals surface area contributed by atoms with Gasteiger partial charge in [-0.3, -0.25) is 9.59 Å². The summed E-state index contributed by atoms with van der Waals surface area (Å²) in [6.45, 7) is 1.82. The summed E-state index contributed by atoms with van der Waals surface area (Å²) in [4.78, 5) is 23.9. The van der Waals surface area contributed by atoms with E-state index in [2.05, 4.69) is 5.32 Å². The molecule has 1 aliphatic rings. The number of hydrogen-bond acceptors (Lipinski definition) is 3. The van der Waals surface area contributed by atoms with Crippen molar-refractivity contribution >= 4 is 11.9 Å². The van der Waals surface area contributed by atoms with Crippen molar-refractivity contribution in [3.8, 4) is 0 Å². The summed E-state index contributed by atoms with van der Waals surface area (Å²) >= 11 is 0. The first-order valence-electron chi connectivity index (χ1n) is 7.44. The van der Waals surface area contributed by atoms with Crippen LogP contribution < -0.4 is 5.32 Å². The minimum absolute atomic E-state index is 0.155. The van der Waals surface area contributed by atoms with Crippen LogP contribution in [0.3, 0.4) is 0 Å². The lowest BCUT2D eigenvalue weighted by Gasteiger charge is -2.19. The van der Waals surface area contributed by atoms with Crippen molar-refractivity contribution < 1.29 is 18.7 Å². The Morgan fingerprint density at radius 2 is 2.05 bits per heavy atom. The summed E-state index contributed by atoms with van der Waals surface area (Å²) < 4.78 is 18.0. The largest absolute Gasteiger partial charge is 0.452 e. The number of carbonyl (C=O) groups is 2. The molecule has 0 saturated heterocycles. The quantitative estimate of drug-likeness (QED) is 0.672. The van der Waals surface area contributed by atoms with Crippen LogP contribution in [-0.2, 0) is 20.9 Å². The average Bonchev–Trinajstić information content (AvgIpc) is 2.54. The summed E-state index contributed by atoms with van der Waals surface area (Å²) in [5.74, 6) is -1.16. The van der Waals surface area contributed by atoms with E-state index in [0.717, 1.165) is 18.4 Å². The van der Waals surface area contributed by atoms with Gasteiger partial charge in [-0.15, -0.1) is 0 Å². The predicted molar refractivity (Wildman–Crippen MR) is 80.3 cm³/mol. The third-order valence-corrected chi connectivity index (χ3v) is 3.64. The lowest BCUT2D eigenvalue weighted by molar-refractivity contribution is -0.159. The minimum atomic E-state index is -0.834. The van der Waals surface area contributed by atoms with Crippen LogP contribution in [0.15, 0.2) is 36.4 Å². The van der Waals surface area contributed by atoms with Gasteiger partial charge in [0, 0.05) is 6.54 Å². The molecule has 1 aromatic rings. The Morgan fingerprint density at radius 1 is 1.32 bits per heavy atom. The van der Waals surface area contributed by atoms with E-state index in [1.807, 2.05) is 12.2 Å². The van der Waals surface area contributed by atoms with Crippen molar-refractivity contribution in [3.63, 3.8) is 0 Å². The van der Waals surface area contributed by atoms with Crippen LogP contribution in [0.5, 0.6) is 0 Å². The highest BCUT2D eigenvalue weighted by atomic mass is 19.1. The highest BCUT2D eigenvalue weighted by Gasteiger charge is 2.24. The molecule has 0 aromatic heterocycles. The molecule has 1 aromatic carbocycles. The molecule has 5 heteroatoms. The molecule has 4 nitrogen and oxygen atoms in total. The maximum atomic E-state index is 12.8. The second-order valence-corrected chi connectivity index (χ2v) is 5.40. The zero-order valence-electron chi connectivity index (χ0n) is 12.5. The number of hydrogen-bond donors (Lipinski definition) is 1. The van der Waals surface area contributed by atoms with Crippen molar-refractivity contribution in [2.45, 2.75) is 38.8 Å². The number of halogens is 1. The van der Waals surface area contributed by atoms with E-state index in [-0.39, 0.29) is 30.2 Å². The van der Waals surface area contributed by atoms with Gasteiger partial charge in [0.1, 0.15) is 5.82 Å². The van der Waals surface area contributed by atoms with E-state index < -0.39 is 6.10 Å². The van der Waals surface area contributed by atoms with Gasteiger partial charge in [-0.2, -0.15) is 0 Å². The highest BCUT2D eigenvalue weighted by Crippen LogP contribution is 2.20. The van der Waals surface area contributed by atoms with Gasteiger partial charge in [0.15, 0.2) is 6.10 Å². The minimum Gasteiger partial charge on any atom is -0.452 e. The first-order chi connectivity index (χ1) is 10.6. The first-order valence-corrected chi connectivity index (χ1v) is 7.44. The van der Waals surface area contributed by atoms with Crippen LogP contribution >= 0.6 is 0 Å². The van der Waals surface area contributed by atoms with E-state index in [4.69, 9.17) is 4.74 Å². The Labute approximate surface area is 129 Å². The Balaban J connectivity index is 1.77. The van der Waals surface area contributed by atoms with Gasteiger partial charge >= 0.3 is 5.97 Å². The number of benzene rings is 1. The van der Waals surface area contributed by atoms with E-state index in [1.165, 1.54) is 12.1 Å². The molecule has 0 unspecified atom stereocenters. The number of nitrogens with one attached hydrogen (secondary N) is 1. The normalized spacial score (nSPS) is 18.5. The van der Waals surface area contributed by atoms with Crippen LogP contribution in [0.2, 0.25) is 0 Å². The smallest absolute Gasteiger partial charge is 0.310 e. The molecular weight excluding hydrogens is 285 g/mol. The van der Waals surface area contributed by atoms with Crippen LogP contribution in [0.1, 0.15) is 31.7 Å². The monoisotopic (exact) mass is 305 g/mol. The standard InChI is InChI=1S/C17H20FNO3/c1-12(22-17(21)14-5-3-2-4-6-14)16(20)19-11-13-7-9-15(18)10-8-13/h2-3,7-10,12,14H,4-6,11H2,1H3,(H,19,20)/t12-,14+/m0/s1. The van der Waals surface area contributed by atoms with Crippen molar-refractivity contribution in [3.05, 3.63) is 47.8 Å². The van der Waals surface area contributed by atoms with Crippen molar-refractivity contribution in [2.24, 2.45) is 5.92 Å². The molecule has 0 aliphatic heterocycles. The Morgan fingerprint density at radius 3 is 2.68 bits per heavy atom. The molecule has 2 rings (SSSR count). The molecule has 0 fully saturated rings. The number of rotatable bonds is 5. The maximum absolute atomic E-state index is 12.8. The number of esters is 1. The molecule has 2 atom stereocenters. The van der Waals surface area contributed by atoms with Gasteiger partial charge in [0.2, 0.25) is 0 Å². The van der Waals surface area contributed by atoms with Crippen molar-refractivity contribution in [2.75, 3.05) is 0 Å². The fourth-order valence-corrected chi connectivity index (χ4v) is 2.27. The van der Waals surface area contributed by atoms with Crippen LogP contribution in [-0.4, -0.2) is 18.0 Å². The van der Waals surface area contributed by atoms with Crippen LogP contribution in [0.4, 0.5) is 4.39 Å². The van der Waals surface area contributed by atoms with Crippen LogP contribution in [0, 0.1) is 11.7 Å². The molecule has 1 amide bonds. The van der Waals surface area contributed by atoms with E-state index in [0.29, 0.717) is 6.42 Å². The fraction of sp³-hybridized carbons (Fsp3) is 0.412. The van der Waals surface area contributed by atoms with Gasteiger partial charge in [-0.05, 0) is 43.9 Å². The lowest BCUT2D eigenvalue weighted by Crippen LogP contribution is -2.36. The first kappa shape index (κ1) is 16.2. The third-order valence-electron chi connectivity index (χ3n) is 3.64. The molecule has 0 saturated carbocycles. The van der Waals surface area contributed by atoms with Crippen molar-refractivity contribution in [1.82, 2.24) is 5.32 Å². The highest BCUT2D eigenvalue weighted by molar-refractivity contribution is 5.84. The molecule has 1 N–H and O–H groups in total. The second-order valence-electron chi connectivity index (χ2n) is 5.40. The molecule has 22 heavy (non-hydrogen) atoms. The molecule has 1 aliphatic carbocycles. The fourth-order valence-electron chi connectivity index (χ4n) is 2.27. The number of amides is 1. The van der Waals surface area contributed by atoms with Gasteiger partial charge in [-0.25, -0.2) is 4.39 Å². The molecule has 0 spiro atoms. The van der Waals surface area contributed by atoms with E-state index >= 15 is 0 Å². The molecule has 0 bridgehead atoms. The summed E-state index contributed by atoms with van der Waals surface area (Å²) in [7, 11) is 0. The SMILES string of the molecule is C[C@H](OC(=O)[C@@H]1CC=CCC1)C(=O)NCc1ccc(F)cc1. The Hall–Kier alpha value is -2.17. The molecular formula is C17H20FNO3. The van der Waals surface area contributed by atoms with Gasteiger partial charge in [0.25, 0.3) is 5.91 Å². The Kier molecular flexibility index (Phi) is 5.69. The molecule has 118 valence electrons. The van der Waals surface area contributed by atoms with Gasteiger partial charge < -0.3 is 10.1 Å². The van der Waals surface area contributed by atoms with Crippen LogP contribution in [0.25, 0.3) is 0 Å². The lowest BCUT2D eigenvalue weighted by atomic mass is 9.95. The number of allylic oxidation sites excluding steroid dienone is 2. The second kappa shape index (κ2) is 7.73. The molecule has 0 heterocycles. The summed E-state index contributed by atoms with van der Waals surface area (Å²) in [5, 5.41) is 2.67. The zero-order chi connectivity index (χ0) is 15.9. The van der Waals surface area contributed by atoms with E-state index in [1.54, 1.807) is 19.1 Å². The zero-order valence-corrected chi connectivity index (χ0v) is 12.5.